The van der Waals surface area contributed by atoms with Crippen LogP contribution in [0, 0.1) is 6.92 Å². The Hall–Kier alpha value is -1.89. The van der Waals surface area contributed by atoms with Crippen molar-refractivity contribution in [3.63, 3.8) is 0 Å². The summed E-state index contributed by atoms with van der Waals surface area (Å²) in [6.07, 6.45) is 0. The number of carbonyl (C=O) groups excluding carboxylic acids is 1. The van der Waals surface area contributed by atoms with E-state index >= 15 is 0 Å². The second-order valence-corrected chi connectivity index (χ2v) is 6.12. The summed E-state index contributed by atoms with van der Waals surface area (Å²) in [6, 6.07) is 4.62. The molecule has 1 unspecified atom stereocenters. The van der Waals surface area contributed by atoms with Crippen LogP contribution in [0.1, 0.15) is 15.9 Å². The van der Waals surface area contributed by atoms with Crippen LogP contribution in [0.3, 0.4) is 0 Å². The second kappa shape index (κ2) is 6.04. The Morgan fingerprint density at radius 3 is 2.85 bits per heavy atom. The predicted molar refractivity (Wildman–Crippen MR) is 74.4 cm³/mol. The molecule has 108 valence electrons. The van der Waals surface area contributed by atoms with E-state index in [1.165, 1.54) is 6.07 Å². The van der Waals surface area contributed by atoms with Crippen LogP contribution >= 0.6 is 0 Å². The number of hydrogen-bond acceptors (Lipinski definition) is 3. The highest BCUT2D eigenvalue weighted by Crippen LogP contribution is 2.15. The van der Waals surface area contributed by atoms with Crippen LogP contribution in [0.15, 0.2) is 23.1 Å². The van der Waals surface area contributed by atoms with Crippen molar-refractivity contribution in [2.75, 3.05) is 25.4 Å². The number of carboxylic acids is 1. The largest absolute Gasteiger partial charge is 0.478 e. The molecule has 7 heteroatoms. The first kappa shape index (κ1) is 14.5. The number of urea groups is 1. The molecule has 2 amide bonds. The molecule has 1 heterocycles. The lowest BCUT2D eigenvalue weighted by molar-refractivity contribution is 0.0696. The average molecular weight is 296 g/mol. The lowest BCUT2D eigenvalue weighted by Crippen LogP contribution is -2.31. The lowest BCUT2D eigenvalue weighted by atomic mass is 10.1. The number of rotatable bonds is 5. The molecule has 2 rings (SSSR count). The van der Waals surface area contributed by atoms with Crippen molar-refractivity contribution in [2.24, 2.45) is 0 Å². The van der Waals surface area contributed by atoms with Crippen molar-refractivity contribution >= 4 is 22.8 Å². The number of nitrogens with zero attached hydrogens (tertiary/aromatic N) is 1. The fourth-order valence-electron chi connectivity index (χ4n) is 2.01. The van der Waals surface area contributed by atoms with Crippen molar-refractivity contribution in [3.05, 3.63) is 29.3 Å². The predicted octanol–water partition coefficient (Wildman–Crippen LogP) is 0.826. The van der Waals surface area contributed by atoms with Gasteiger partial charge in [-0.3, -0.25) is 4.21 Å². The van der Waals surface area contributed by atoms with Gasteiger partial charge in [0.1, 0.15) is 0 Å². The summed E-state index contributed by atoms with van der Waals surface area (Å²) in [5.74, 6) is -0.726. The van der Waals surface area contributed by atoms with Crippen molar-refractivity contribution in [2.45, 2.75) is 11.8 Å². The molecule has 1 aliphatic heterocycles. The Bertz CT molecular complexity index is 573. The molecule has 2 N–H and O–H groups in total. The Kier molecular flexibility index (Phi) is 4.39. The van der Waals surface area contributed by atoms with Crippen molar-refractivity contribution in [1.29, 1.82) is 0 Å². The van der Waals surface area contributed by atoms with Gasteiger partial charge in [0.15, 0.2) is 0 Å². The highest BCUT2D eigenvalue weighted by molar-refractivity contribution is 7.85. The molecule has 20 heavy (non-hydrogen) atoms. The van der Waals surface area contributed by atoms with Crippen molar-refractivity contribution < 1.29 is 18.9 Å². The SMILES string of the molecule is Cc1ccc(S(=O)CCN2CCNC2=O)cc1C(=O)O. The minimum Gasteiger partial charge on any atom is -0.478 e. The Labute approximate surface area is 119 Å². The van der Waals surface area contributed by atoms with Crippen LogP contribution in [-0.2, 0) is 10.8 Å². The van der Waals surface area contributed by atoms with Crippen LogP contribution < -0.4 is 5.32 Å². The number of carbonyl (C=O) groups is 2. The summed E-state index contributed by atoms with van der Waals surface area (Å²) in [4.78, 5) is 24.5. The molecule has 1 aromatic rings. The Morgan fingerprint density at radius 1 is 1.50 bits per heavy atom. The van der Waals surface area contributed by atoms with Crippen LogP contribution in [0.4, 0.5) is 4.79 Å². The number of carboxylic acid groups (broad SMARTS) is 1. The molecular weight excluding hydrogens is 280 g/mol. The first-order valence-corrected chi connectivity index (χ1v) is 7.56. The number of nitrogens with one attached hydrogen (secondary N) is 1. The number of aryl methyl sites for hydroxylation is 1. The highest BCUT2D eigenvalue weighted by atomic mass is 32.2. The molecule has 0 spiro atoms. The molecule has 0 bridgehead atoms. The molecular formula is C13H16N2O4S. The van der Waals surface area contributed by atoms with E-state index in [9.17, 15) is 13.8 Å². The van der Waals surface area contributed by atoms with Crippen LogP contribution in [0.25, 0.3) is 0 Å². The van der Waals surface area contributed by atoms with Gasteiger partial charge in [-0.05, 0) is 24.6 Å². The van der Waals surface area contributed by atoms with E-state index in [0.29, 0.717) is 35.8 Å². The fraction of sp³-hybridized carbons (Fsp3) is 0.385. The molecule has 6 nitrogen and oxygen atoms in total. The summed E-state index contributed by atoms with van der Waals surface area (Å²) < 4.78 is 12.2. The standard InChI is InChI=1S/C13H16N2O4S/c1-9-2-3-10(8-11(9)12(16)17)20(19)7-6-15-5-4-14-13(15)18/h2-3,8H,4-7H2,1H3,(H,14,18)(H,16,17). The van der Waals surface area contributed by atoms with E-state index < -0.39 is 16.8 Å². The van der Waals surface area contributed by atoms with E-state index in [1.807, 2.05) is 0 Å². The molecule has 1 saturated heterocycles. The number of aromatic carboxylic acids is 1. The number of amides is 2. The Morgan fingerprint density at radius 2 is 2.25 bits per heavy atom. The van der Waals surface area contributed by atoms with Crippen molar-refractivity contribution in [1.82, 2.24) is 10.2 Å². The molecule has 1 fully saturated rings. The van der Waals surface area contributed by atoms with Crippen molar-refractivity contribution in [3.8, 4) is 0 Å². The maximum atomic E-state index is 12.2. The number of hydrogen-bond donors (Lipinski definition) is 2. The number of benzene rings is 1. The monoisotopic (exact) mass is 296 g/mol. The first-order chi connectivity index (χ1) is 9.49. The van der Waals surface area contributed by atoms with E-state index in [2.05, 4.69) is 5.32 Å². The van der Waals surface area contributed by atoms with Gasteiger partial charge in [-0.25, -0.2) is 9.59 Å². The van der Waals surface area contributed by atoms with E-state index in [-0.39, 0.29) is 11.6 Å². The smallest absolute Gasteiger partial charge is 0.335 e. The molecule has 0 aliphatic carbocycles. The van der Waals surface area contributed by atoms with Crippen LogP contribution in [0.2, 0.25) is 0 Å². The maximum Gasteiger partial charge on any atom is 0.335 e. The van der Waals surface area contributed by atoms with E-state index in [1.54, 1.807) is 24.0 Å². The van der Waals surface area contributed by atoms with Crippen LogP contribution in [0.5, 0.6) is 0 Å². The van der Waals surface area contributed by atoms with Gasteiger partial charge in [0.25, 0.3) is 0 Å². The third-order valence-corrected chi connectivity index (χ3v) is 4.53. The van der Waals surface area contributed by atoms with Gasteiger partial charge in [-0.2, -0.15) is 0 Å². The minimum atomic E-state index is -1.31. The summed E-state index contributed by atoms with van der Waals surface area (Å²) >= 11 is 0. The summed E-state index contributed by atoms with van der Waals surface area (Å²) in [5, 5.41) is 11.7. The van der Waals surface area contributed by atoms with Gasteiger partial charge in [-0.15, -0.1) is 0 Å². The molecule has 1 aromatic carbocycles. The van der Waals surface area contributed by atoms with Crippen LogP contribution in [-0.4, -0.2) is 51.6 Å². The molecule has 0 saturated carbocycles. The highest BCUT2D eigenvalue weighted by Gasteiger charge is 2.20. The van der Waals surface area contributed by atoms with Gasteiger partial charge in [0.05, 0.1) is 16.4 Å². The fourth-order valence-corrected chi connectivity index (χ4v) is 3.10. The lowest BCUT2D eigenvalue weighted by Gasteiger charge is -2.13. The van der Waals surface area contributed by atoms with Gasteiger partial charge < -0.3 is 15.3 Å². The molecule has 0 aromatic heterocycles. The zero-order valence-corrected chi connectivity index (χ0v) is 11.9. The normalized spacial score (nSPS) is 16.1. The summed E-state index contributed by atoms with van der Waals surface area (Å²) in [7, 11) is -1.31. The summed E-state index contributed by atoms with van der Waals surface area (Å²) in [6.45, 7) is 3.32. The van der Waals surface area contributed by atoms with Gasteiger partial charge in [0.2, 0.25) is 0 Å². The first-order valence-electron chi connectivity index (χ1n) is 6.24. The quantitative estimate of drug-likeness (QED) is 0.842. The third kappa shape index (κ3) is 3.16. The van der Waals surface area contributed by atoms with E-state index in [4.69, 9.17) is 5.11 Å². The molecule has 1 atom stereocenters. The second-order valence-electron chi connectivity index (χ2n) is 4.55. The van der Waals surface area contributed by atoms with E-state index in [0.717, 1.165) is 0 Å². The molecule has 0 radical (unpaired) electrons. The zero-order chi connectivity index (χ0) is 14.7. The zero-order valence-electron chi connectivity index (χ0n) is 11.1. The summed E-state index contributed by atoms with van der Waals surface area (Å²) in [5.41, 5.74) is 0.798. The minimum absolute atomic E-state index is 0.142. The Balaban J connectivity index is 2.04. The third-order valence-electron chi connectivity index (χ3n) is 3.19. The average Bonchev–Trinajstić information content (AvgIpc) is 2.81. The van der Waals surface area contributed by atoms with Gasteiger partial charge in [0, 0.05) is 30.3 Å². The molecule has 1 aliphatic rings. The topological polar surface area (TPSA) is 86.7 Å². The maximum absolute atomic E-state index is 12.2. The van der Waals surface area contributed by atoms with Gasteiger partial charge >= 0.3 is 12.0 Å². The van der Waals surface area contributed by atoms with Gasteiger partial charge in [-0.1, -0.05) is 6.07 Å².